The second kappa shape index (κ2) is 8.16. The van der Waals surface area contributed by atoms with Gasteiger partial charge in [-0.2, -0.15) is 0 Å². The van der Waals surface area contributed by atoms with Crippen molar-refractivity contribution in [2.75, 3.05) is 32.0 Å². The highest BCUT2D eigenvalue weighted by molar-refractivity contribution is 7.94. The van der Waals surface area contributed by atoms with Crippen molar-refractivity contribution in [3.8, 4) is 17.2 Å². The smallest absolute Gasteiger partial charge is 0.259 e. The van der Waals surface area contributed by atoms with Crippen LogP contribution in [0.15, 0.2) is 47.9 Å². The lowest BCUT2D eigenvalue weighted by molar-refractivity contribution is 0.0982. The summed E-state index contributed by atoms with van der Waals surface area (Å²) in [6.07, 6.45) is 1.53. The molecule has 0 saturated carbocycles. The average molecular weight is 417 g/mol. The van der Waals surface area contributed by atoms with E-state index in [1.807, 2.05) is 19.1 Å². The third-order valence-electron chi connectivity index (χ3n) is 4.69. The fraction of sp³-hybridized carbons (Fsp3) is 0.286. The molecule has 1 amide bonds. The zero-order chi connectivity index (χ0) is 21.2. The maximum atomic E-state index is 13.5. The van der Waals surface area contributed by atoms with Gasteiger partial charge in [-0.05, 0) is 37.3 Å². The van der Waals surface area contributed by atoms with Gasteiger partial charge >= 0.3 is 0 Å². The number of ether oxygens (including phenoxy) is 3. The van der Waals surface area contributed by atoms with Crippen LogP contribution in [0, 0.1) is 6.92 Å². The van der Waals surface area contributed by atoms with E-state index in [2.05, 4.69) is 0 Å². The van der Waals surface area contributed by atoms with Crippen LogP contribution in [-0.2, 0) is 9.84 Å². The average Bonchev–Trinajstić information content (AvgIpc) is 3.07. The molecule has 0 N–H and O–H groups in total. The number of carbonyl (C=O) groups excluding carboxylic acids is 1. The molecule has 2 aromatic rings. The largest absolute Gasteiger partial charge is 0.493 e. The summed E-state index contributed by atoms with van der Waals surface area (Å²) in [6, 6.07) is 9.83. The number of hydrogen-bond acceptors (Lipinski definition) is 6. The van der Waals surface area contributed by atoms with E-state index >= 15 is 0 Å². The molecule has 8 heteroatoms. The molecule has 0 fully saturated rings. The van der Waals surface area contributed by atoms with Crippen LogP contribution in [0.1, 0.15) is 15.9 Å². The first-order valence-electron chi connectivity index (χ1n) is 8.91. The van der Waals surface area contributed by atoms with Crippen molar-refractivity contribution in [1.29, 1.82) is 0 Å². The summed E-state index contributed by atoms with van der Waals surface area (Å²) in [4.78, 5) is 15.0. The van der Waals surface area contributed by atoms with Crippen molar-refractivity contribution in [1.82, 2.24) is 0 Å². The van der Waals surface area contributed by atoms with E-state index in [4.69, 9.17) is 14.2 Å². The predicted molar refractivity (Wildman–Crippen MR) is 111 cm³/mol. The second-order valence-electron chi connectivity index (χ2n) is 6.65. The monoisotopic (exact) mass is 417 g/mol. The number of aryl methyl sites for hydroxylation is 1. The van der Waals surface area contributed by atoms with E-state index in [1.165, 1.54) is 32.3 Å². The highest BCUT2D eigenvalue weighted by Crippen LogP contribution is 2.39. The number of carbonyl (C=O) groups is 1. The summed E-state index contributed by atoms with van der Waals surface area (Å²) < 4.78 is 40.0. The first kappa shape index (κ1) is 20.7. The van der Waals surface area contributed by atoms with Crippen LogP contribution in [0.5, 0.6) is 17.2 Å². The Labute approximate surface area is 170 Å². The fourth-order valence-electron chi connectivity index (χ4n) is 3.23. The Kier molecular flexibility index (Phi) is 5.83. The van der Waals surface area contributed by atoms with Gasteiger partial charge in [0.1, 0.15) is 0 Å². The van der Waals surface area contributed by atoms with Crippen LogP contribution in [0.2, 0.25) is 0 Å². The quantitative estimate of drug-likeness (QED) is 0.719. The molecule has 1 aliphatic rings. The zero-order valence-corrected chi connectivity index (χ0v) is 17.5. The maximum absolute atomic E-state index is 13.5. The highest BCUT2D eigenvalue weighted by atomic mass is 32.2. The van der Waals surface area contributed by atoms with Crippen molar-refractivity contribution in [3.05, 3.63) is 59.0 Å². The third kappa shape index (κ3) is 4.22. The fourth-order valence-corrected chi connectivity index (χ4v) is 4.50. The van der Waals surface area contributed by atoms with Gasteiger partial charge in [-0.3, -0.25) is 4.79 Å². The molecule has 0 radical (unpaired) electrons. The number of methoxy groups -OCH3 is 3. The molecule has 0 aromatic heterocycles. The molecule has 0 bridgehead atoms. The van der Waals surface area contributed by atoms with E-state index in [0.717, 1.165) is 11.0 Å². The highest BCUT2D eigenvalue weighted by Gasteiger charge is 2.33. The van der Waals surface area contributed by atoms with E-state index in [9.17, 15) is 13.2 Å². The molecule has 0 spiro atoms. The minimum atomic E-state index is -3.35. The van der Waals surface area contributed by atoms with Crippen molar-refractivity contribution in [2.24, 2.45) is 0 Å². The SMILES string of the molecule is COc1cc(C(=O)N(c2ccc(C)cc2)[C@@H]2C=CS(=O)(=O)C2)cc(OC)c1OC. The lowest BCUT2D eigenvalue weighted by Crippen LogP contribution is -2.41. The Morgan fingerprint density at radius 1 is 1.00 bits per heavy atom. The van der Waals surface area contributed by atoms with E-state index in [1.54, 1.807) is 24.3 Å². The number of nitrogens with zero attached hydrogens (tertiary/aromatic N) is 1. The van der Waals surface area contributed by atoms with Crippen LogP contribution < -0.4 is 19.1 Å². The van der Waals surface area contributed by atoms with Crippen molar-refractivity contribution < 1.29 is 27.4 Å². The van der Waals surface area contributed by atoms with Gasteiger partial charge in [-0.1, -0.05) is 17.7 Å². The standard InChI is InChI=1S/C21H23NO6S/c1-14-5-7-16(8-6-14)22(17-9-10-29(24,25)13-17)21(23)15-11-18(26-2)20(28-4)19(12-15)27-3/h5-12,17H,13H2,1-4H3/t17-/m1/s1. The van der Waals surface area contributed by atoms with Gasteiger partial charge in [0.15, 0.2) is 21.3 Å². The van der Waals surface area contributed by atoms with Gasteiger partial charge in [0.25, 0.3) is 5.91 Å². The van der Waals surface area contributed by atoms with E-state index in [-0.39, 0.29) is 17.2 Å². The van der Waals surface area contributed by atoms with Crippen LogP contribution in [0.3, 0.4) is 0 Å². The number of benzene rings is 2. The number of rotatable bonds is 6. The molecule has 29 heavy (non-hydrogen) atoms. The van der Waals surface area contributed by atoms with Crippen LogP contribution in [0.4, 0.5) is 5.69 Å². The Hall–Kier alpha value is -3.00. The van der Waals surface area contributed by atoms with Gasteiger partial charge in [-0.25, -0.2) is 8.42 Å². The van der Waals surface area contributed by atoms with Crippen LogP contribution in [-0.4, -0.2) is 47.4 Å². The van der Waals surface area contributed by atoms with E-state index in [0.29, 0.717) is 22.9 Å². The second-order valence-corrected chi connectivity index (χ2v) is 8.58. The van der Waals surface area contributed by atoms with Gasteiger partial charge in [0, 0.05) is 16.7 Å². The van der Waals surface area contributed by atoms with Gasteiger partial charge < -0.3 is 19.1 Å². The molecule has 154 valence electrons. The topological polar surface area (TPSA) is 82.1 Å². The Morgan fingerprint density at radius 2 is 1.59 bits per heavy atom. The number of amides is 1. The summed E-state index contributed by atoms with van der Waals surface area (Å²) >= 11 is 0. The Morgan fingerprint density at radius 3 is 2.03 bits per heavy atom. The summed E-state index contributed by atoms with van der Waals surface area (Å²) in [5, 5.41) is 1.15. The van der Waals surface area contributed by atoms with E-state index < -0.39 is 15.9 Å². The lowest BCUT2D eigenvalue weighted by Gasteiger charge is -2.28. The molecule has 0 saturated heterocycles. The van der Waals surface area contributed by atoms with Crippen molar-refractivity contribution in [3.63, 3.8) is 0 Å². The summed E-state index contributed by atoms with van der Waals surface area (Å²) in [5.41, 5.74) is 1.92. The van der Waals surface area contributed by atoms with Crippen molar-refractivity contribution in [2.45, 2.75) is 13.0 Å². The molecule has 0 unspecified atom stereocenters. The molecule has 3 rings (SSSR count). The normalized spacial score (nSPS) is 17.0. The Bertz CT molecular complexity index is 1020. The number of sulfone groups is 1. The minimum Gasteiger partial charge on any atom is -0.493 e. The molecule has 0 aliphatic carbocycles. The predicted octanol–water partition coefficient (Wildman–Crippen LogP) is 2.98. The zero-order valence-electron chi connectivity index (χ0n) is 16.7. The molecule has 1 heterocycles. The third-order valence-corrected chi connectivity index (χ3v) is 6.06. The summed E-state index contributed by atoms with van der Waals surface area (Å²) in [6.45, 7) is 1.94. The Balaban J connectivity index is 2.10. The maximum Gasteiger partial charge on any atom is 0.259 e. The van der Waals surface area contributed by atoms with Gasteiger partial charge in [0.05, 0.1) is 33.1 Å². The molecule has 2 aromatic carbocycles. The minimum absolute atomic E-state index is 0.170. The lowest BCUT2D eigenvalue weighted by atomic mass is 10.1. The molecule has 1 aliphatic heterocycles. The number of hydrogen-bond donors (Lipinski definition) is 0. The summed E-state index contributed by atoms with van der Waals surface area (Å²) in [7, 11) is 1.06. The molecule has 1 atom stereocenters. The number of anilines is 1. The summed E-state index contributed by atoms with van der Waals surface area (Å²) in [5.74, 6) is 0.510. The molecular weight excluding hydrogens is 394 g/mol. The van der Waals surface area contributed by atoms with Gasteiger partial charge in [-0.15, -0.1) is 0 Å². The van der Waals surface area contributed by atoms with Gasteiger partial charge in [0.2, 0.25) is 5.75 Å². The van der Waals surface area contributed by atoms with Crippen molar-refractivity contribution >= 4 is 21.4 Å². The first-order valence-corrected chi connectivity index (χ1v) is 10.6. The molecular formula is C21H23NO6S. The van der Waals surface area contributed by atoms with Crippen LogP contribution >= 0.6 is 0 Å². The first-order chi connectivity index (χ1) is 13.8. The van der Waals surface area contributed by atoms with Crippen LogP contribution in [0.25, 0.3) is 0 Å². The molecule has 7 nitrogen and oxygen atoms in total.